The molecular formula is C23H28N2O. The molecule has 0 fully saturated rings. The highest BCUT2D eigenvalue weighted by molar-refractivity contribution is 5.75. The predicted octanol–water partition coefficient (Wildman–Crippen LogP) is 5.92. The normalized spacial score (nSPS) is 11.0. The molecule has 2 aromatic carbocycles. The number of para-hydroxylation sites is 3. The van der Waals surface area contributed by atoms with Gasteiger partial charge in [-0.3, -0.25) is 0 Å². The molecule has 0 atom stereocenters. The van der Waals surface area contributed by atoms with Gasteiger partial charge in [0.15, 0.2) is 0 Å². The second-order valence-corrected chi connectivity index (χ2v) is 6.62. The Labute approximate surface area is 156 Å². The van der Waals surface area contributed by atoms with Crippen LogP contribution in [0.5, 0.6) is 5.75 Å². The Hall–Kier alpha value is -2.55. The molecule has 3 aromatic rings. The third-order valence-electron chi connectivity index (χ3n) is 4.66. The fraction of sp³-hybridized carbons (Fsp3) is 0.348. The molecule has 0 bridgehead atoms. The average molecular weight is 348 g/mol. The number of aromatic nitrogens is 2. The van der Waals surface area contributed by atoms with E-state index in [-0.39, 0.29) is 0 Å². The van der Waals surface area contributed by atoms with E-state index >= 15 is 0 Å². The Morgan fingerprint density at radius 1 is 1.04 bits per heavy atom. The van der Waals surface area contributed by atoms with E-state index in [1.54, 1.807) is 0 Å². The van der Waals surface area contributed by atoms with Crippen molar-refractivity contribution in [1.29, 1.82) is 0 Å². The number of nitrogens with zero attached hydrogens (tertiary/aromatic N) is 2. The highest BCUT2D eigenvalue weighted by atomic mass is 16.5. The summed E-state index contributed by atoms with van der Waals surface area (Å²) in [4.78, 5) is 4.82. The second-order valence-electron chi connectivity index (χ2n) is 6.62. The maximum atomic E-state index is 6.14. The van der Waals surface area contributed by atoms with Gasteiger partial charge in [-0.25, -0.2) is 4.98 Å². The van der Waals surface area contributed by atoms with Gasteiger partial charge in [0, 0.05) is 6.54 Å². The number of benzene rings is 2. The van der Waals surface area contributed by atoms with Crippen LogP contribution >= 0.6 is 0 Å². The van der Waals surface area contributed by atoms with Crippen molar-refractivity contribution in [2.24, 2.45) is 0 Å². The van der Waals surface area contributed by atoms with Crippen LogP contribution in [0, 0.1) is 0 Å². The summed E-state index contributed by atoms with van der Waals surface area (Å²) in [6.45, 7) is 7.55. The van der Waals surface area contributed by atoms with Crippen molar-refractivity contribution in [2.45, 2.75) is 52.2 Å². The number of hydrogen-bond donors (Lipinski definition) is 0. The zero-order valence-corrected chi connectivity index (χ0v) is 15.7. The van der Waals surface area contributed by atoms with Gasteiger partial charge in [0.2, 0.25) is 0 Å². The molecule has 0 saturated carbocycles. The quantitative estimate of drug-likeness (QED) is 0.336. The Kier molecular flexibility index (Phi) is 6.48. The number of aryl methyl sites for hydroxylation is 1. The van der Waals surface area contributed by atoms with Gasteiger partial charge in [-0.05, 0) is 36.6 Å². The Bertz CT molecular complexity index is 850. The lowest BCUT2D eigenvalue weighted by atomic mass is 10.1. The largest absolute Gasteiger partial charge is 0.485 e. The smallest absolute Gasteiger partial charge is 0.147 e. The molecule has 1 heterocycles. The summed E-state index contributed by atoms with van der Waals surface area (Å²) in [6, 6.07) is 16.5. The number of ether oxygens (including phenoxy) is 1. The lowest BCUT2D eigenvalue weighted by Gasteiger charge is -2.12. The molecule has 0 aliphatic heterocycles. The van der Waals surface area contributed by atoms with E-state index < -0.39 is 0 Å². The molecule has 136 valence electrons. The summed E-state index contributed by atoms with van der Waals surface area (Å²) in [6.07, 6.45) is 7.68. The maximum Gasteiger partial charge on any atom is 0.147 e. The zero-order valence-electron chi connectivity index (χ0n) is 15.7. The third-order valence-corrected chi connectivity index (χ3v) is 4.66. The molecule has 0 N–H and O–H groups in total. The topological polar surface area (TPSA) is 27.1 Å². The first-order valence-electron chi connectivity index (χ1n) is 9.59. The fourth-order valence-electron chi connectivity index (χ4n) is 3.29. The summed E-state index contributed by atoms with van der Waals surface area (Å²) in [5, 5.41) is 0. The lowest BCUT2D eigenvalue weighted by molar-refractivity contribution is 0.287. The maximum absolute atomic E-state index is 6.14. The van der Waals surface area contributed by atoms with E-state index in [1.807, 2.05) is 30.3 Å². The first kappa shape index (κ1) is 18.2. The minimum absolute atomic E-state index is 0.483. The molecule has 3 nitrogen and oxygen atoms in total. The van der Waals surface area contributed by atoms with Crippen LogP contribution in [0.1, 0.15) is 44.0 Å². The van der Waals surface area contributed by atoms with Crippen molar-refractivity contribution >= 4 is 11.0 Å². The molecular weight excluding hydrogens is 320 g/mol. The van der Waals surface area contributed by atoms with Gasteiger partial charge >= 0.3 is 0 Å². The molecule has 0 aliphatic carbocycles. The molecule has 0 amide bonds. The van der Waals surface area contributed by atoms with E-state index in [0.717, 1.165) is 35.6 Å². The fourth-order valence-corrected chi connectivity index (χ4v) is 3.29. The van der Waals surface area contributed by atoms with Gasteiger partial charge in [-0.1, -0.05) is 62.6 Å². The van der Waals surface area contributed by atoms with Crippen molar-refractivity contribution in [2.75, 3.05) is 0 Å². The van der Waals surface area contributed by atoms with Crippen LogP contribution in [-0.4, -0.2) is 9.55 Å². The Morgan fingerprint density at radius 3 is 2.69 bits per heavy atom. The van der Waals surface area contributed by atoms with E-state index in [1.165, 1.54) is 31.2 Å². The van der Waals surface area contributed by atoms with Crippen LogP contribution in [0.25, 0.3) is 11.0 Å². The first-order valence-corrected chi connectivity index (χ1v) is 9.59. The number of imidazole rings is 1. The van der Waals surface area contributed by atoms with Crippen molar-refractivity contribution in [1.82, 2.24) is 9.55 Å². The van der Waals surface area contributed by atoms with Gasteiger partial charge in [0.1, 0.15) is 18.2 Å². The minimum Gasteiger partial charge on any atom is -0.485 e. The Morgan fingerprint density at radius 2 is 1.85 bits per heavy atom. The predicted molar refractivity (Wildman–Crippen MR) is 109 cm³/mol. The number of fused-ring (bicyclic) bond motifs is 1. The van der Waals surface area contributed by atoms with Crippen LogP contribution in [0.4, 0.5) is 0 Å². The van der Waals surface area contributed by atoms with E-state index in [2.05, 4.69) is 42.3 Å². The van der Waals surface area contributed by atoms with Crippen LogP contribution < -0.4 is 4.74 Å². The molecule has 0 saturated heterocycles. The summed E-state index contributed by atoms with van der Waals surface area (Å²) >= 11 is 0. The van der Waals surface area contributed by atoms with Crippen LogP contribution in [0.3, 0.4) is 0 Å². The molecule has 0 unspecified atom stereocenters. The standard InChI is InChI=1S/C23H28N2O/c1-3-5-6-11-17-25-21-15-9-8-14-20(21)24-23(25)18-26-22-16-10-7-13-19(22)12-4-2/h4,7-10,13-16H,2-3,5-6,11-12,17-18H2,1H3. The van der Waals surface area contributed by atoms with Crippen molar-refractivity contribution < 1.29 is 4.74 Å². The second kappa shape index (κ2) is 9.23. The molecule has 1 aromatic heterocycles. The van der Waals surface area contributed by atoms with Gasteiger partial charge < -0.3 is 9.30 Å². The van der Waals surface area contributed by atoms with Crippen molar-refractivity contribution in [3.63, 3.8) is 0 Å². The minimum atomic E-state index is 0.483. The van der Waals surface area contributed by atoms with Crippen LogP contribution in [0.15, 0.2) is 61.2 Å². The molecule has 0 radical (unpaired) electrons. The highest BCUT2D eigenvalue weighted by Gasteiger charge is 2.11. The van der Waals surface area contributed by atoms with Gasteiger partial charge in [0.05, 0.1) is 11.0 Å². The van der Waals surface area contributed by atoms with Gasteiger partial charge in [-0.2, -0.15) is 0 Å². The van der Waals surface area contributed by atoms with E-state index in [0.29, 0.717) is 6.61 Å². The summed E-state index contributed by atoms with van der Waals surface area (Å²) < 4.78 is 8.46. The number of hydrogen-bond acceptors (Lipinski definition) is 2. The monoisotopic (exact) mass is 348 g/mol. The number of allylic oxidation sites excluding steroid dienone is 1. The van der Waals surface area contributed by atoms with Gasteiger partial charge in [0.25, 0.3) is 0 Å². The van der Waals surface area contributed by atoms with Crippen LogP contribution in [0.2, 0.25) is 0 Å². The summed E-state index contributed by atoms with van der Waals surface area (Å²) in [5.41, 5.74) is 3.40. The zero-order chi connectivity index (χ0) is 18.2. The van der Waals surface area contributed by atoms with E-state index in [9.17, 15) is 0 Å². The first-order chi connectivity index (χ1) is 12.8. The SMILES string of the molecule is C=CCc1ccccc1OCc1nc2ccccc2n1CCCCCC. The average Bonchev–Trinajstić information content (AvgIpc) is 3.02. The molecule has 3 heteroatoms. The highest BCUT2D eigenvalue weighted by Crippen LogP contribution is 2.22. The number of rotatable bonds is 10. The third kappa shape index (κ3) is 4.34. The summed E-state index contributed by atoms with van der Waals surface area (Å²) in [7, 11) is 0. The lowest BCUT2D eigenvalue weighted by Crippen LogP contribution is -2.08. The Balaban J connectivity index is 1.79. The van der Waals surface area contributed by atoms with Crippen molar-refractivity contribution in [3.05, 3.63) is 72.6 Å². The van der Waals surface area contributed by atoms with E-state index in [4.69, 9.17) is 9.72 Å². The van der Waals surface area contributed by atoms with Gasteiger partial charge in [-0.15, -0.1) is 6.58 Å². The van der Waals surface area contributed by atoms with Crippen LogP contribution in [-0.2, 0) is 19.6 Å². The summed E-state index contributed by atoms with van der Waals surface area (Å²) in [5.74, 6) is 1.91. The molecule has 26 heavy (non-hydrogen) atoms. The molecule has 3 rings (SSSR count). The number of unbranched alkanes of at least 4 members (excludes halogenated alkanes) is 3. The molecule has 0 aliphatic rings. The van der Waals surface area contributed by atoms with Crippen molar-refractivity contribution in [3.8, 4) is 5.75 Å². The molecule has 0 spiro atoms.